The Labute approximate surface area is 272 Å². The van der Waals surface area contributed by atoms with Crippen molar-refractivity contribution >= 4 is 57.1 Å². The molecule has 1 heterocycles. The number of methoxy groups -OCH3 is 1. The zero-order valence-electron chi connectivity index (χ0n) is 25.7. The van der Waals surface area contributed by atoms with Crippen LogP contribution in [0.2, 0.25) is 0 Å². The summed E-state index contributed by atoms with van der Waals surface area (Å²) in [4.78, 5) is 42.6. The van der Waals surface area contributed by atoms with E-state index >= 15 is 0 Å². The van der Waals surface area contributed by atoms with Gasteiger partial charge >= 0.3 is 6.09 Å². The third-order valence-corrected chi connectivity index (χ3v) is 7.76. The van der Waals surface area contributed by atoms with Crippen LogP contribution in [-0.2, 0) is 33.6 Å². The molecular formula is C35H38IN3O5. The molecule has 0 spiro atoms. The number of aromatic nitrogens is 1. The van der Waals surface area contributed by atoms with E-state index in [1.807, 2.05) is 69.3 Å². The topological polar surface area (TPSA) is 89.9 Å². The van der Waals surface area contributed by atoms with Crippen molar-refractivity contribution < 1.29 is 23.9 Å². The Bertz CT molecular complexity index is 1670. The Hall–Kier alpha value is -4.12. The van der Waals surface area contributed by atoms with Crippen LogP contribution in [-0.4, -0.2) is 48.3 Å². The summed E-state index contributed by atoms with van der Waals surface area (Å²) < 4.78 is 13.5. The van der Waals surface area contributed by atoms with Gasteiger partial charge in [-0.05, 0) is 97.0 Å². The predicted molar refractivity (Wildman–Crippen MR) is 182 cm³/mol. The highest BCUT2D eigenvalue weighted by molar-refractivity contribution is 14.1. The largest absolute Gasteiger partial charge is 0.497 e. The van der Waals surface area contributed by atoms with Gasteiger partial charge in [-0.2, -0.15) is 0 Å². The first kappa shape index (κ1) is 32.8. The van der Waals surface area contributed by atoms with Crippen LogP contribution < -0.4 is 15.0 Å². The number of carbonyl (C=O) groups is 3. The SMILES string of the molecule is C=CCc1c(CC(=O)NC(Cc2cccc(I)c2)C(=O)N(C)c2ccc(OC)cc2)c2ccccc2n1C(=O)OC(C)(C)C. The minimum Gasteiger partial charge on any atom is -0.497 e. The average Bonchev–Trinajstić information content (AvgIpc) is 3.28. The van der Waals surface area contributed by atoms with E-state index in [0.717, 1.165) is 14.5 Å². The Morgan fingerprint density at radius 3 is 2.39 bits per heavy atom. The summed E-state index contributed by atoms with van der Waals surface area (Å²) in [5.74, 6) is 0.0820. The van der Waals surface area contributed by atoms with Crippen molar-refractivity contribution in [2.45, 2.75) is 51.7 Å². The molecule has 0 radical (unpaired) electrons. The lowest BCUT2D eigenvalue weighted by molar-refractivity contribution is -0.127. The molecule has 0 aliphatic heterocycles. The molecule has 3 aromatic carbocycles. The summed E-state index contributed by atoms with van der Waals surface area (Å²) >= 11 is 2.23. The second-order valence-electron chi connectivity index (χ2n) is 11.5. The van der Waals surface area contributed by atoms with Gasteiger partial charge in [0.2, 0.25) is 11.8 Å². The number of nitrogens with zero attached hydrogens (tertiary/aromatic N) is 2. The van der Waals surface area contributed by atoms with E-state index in [1.165, 1.54) is 9.47 Å². The molecule has 0 saturated carbocycles. The van der Waals surface area contributed by atoms with Crippen molar-refractivity contribution in [2.24, 2.45) is 0 Å². The standard InChI is InChI=1S/C35H38IN3O5/c1-7-11-30-28(27-14-8-9-15-31(27)39(30)34(42)44-35(2,3)4)22-32(40)37-29(21-23-12-10-13-24(36)20-23)33(41)38(5)25-16-18-26(43-6)19-17-25/h7-10,12-20,29H,1,11,21-22H2,2-6H3,(H,37,40). The molecule has 2 amide bonds. The first-order chi connectivity index (χ1) is 20.9. The van der Waals surface area contributed by atoms with Crippen molar-refractivity contribution in [3.05, 3.63) is 106 Å². The number of anilines is 1. The van der Waals surface area contributed by atoms with Crippen molar-refractivity contribution in [1.82, 2.24) is 9.88 Å². The maximum atomic E-state index is 13.9. The van der Waals surface area contributed by atoms with E-state index in [-0.39, 0.29) is 18.2 Å². The van der Waals surface area contributed by atoms with Crippen LogP contribution in [0.5, 0.6) is 5.75 Å². The fourth-order valence-corrected chi connectivity index (χ4v) is 5.70. The number of allylic oxidation sites excluding steroid dienone is 1. The Morgan fingerprint density at radius 1 is 1.05 bits per heavy atom. The molecule has 1 unspecified atom stereocenters. The highest BCUT2D eigenvalue weighted by Crippen LogP contribution is 2.29. The molecule has 0 aliphatic rings. The Morgan fingerprint density at radius 2 is 1.75 bits per heavy atom. The lowest BCUT2D eigenvalue weighted by Crippen LogP contribution is -2.49. The number of carbonyl (C=O) groups excluding carboxylic acids is 3. The van der Waals surface area contributed by atoms with Gasteiger partial charge in [0.15, 0.2) is 0 Å². The minimum atomic E-state index is -0.838. The van der Waals surface area contributed by atoms with Crippen LogP contribution in [0.15, 0.2) is 85.5 Å². The molecule has 9 heteroatoms. The molecule has 230 valence electrons. The fraction of sp³-hybridized carbons (Fsp3) is 0.286. The van der Waals surface area contributed by atoms with E-state index in [0.29, 0.717) is 41.1 Å². The predicted octanol–water partition coefficient (Wildman–Crippen LogP) is 6.70. The van der Waals surface area contributed by atoms with Crippen LogP contribution >= 0.6 is 22.6 Å². The molecule has 1 N–H and O–H groups in total. The van der Waals surface area contributed by atoms with Crippen LogP contribution in [0.3, 0.4) is 0 Å². The molecule has 8 nitrogen and oxygen atoms in total. The van der Waals surface area contributed by atoms with Crippen LogP contribution in [0.4, 0.5) is 10.5 Å². The molecular weight excluding hydrogens is 669 g/mol. The third kappa shape index (κ3) is 7.88. The molecule has 1 atom stereocenters. The highest BCUT2D eigenvalue weighted by Gasteiger charge is 2.29. The van der Waals surface area contributed by atoms with E-state index in [4.69, 9.17) is 9.47 Å². The number of nitrogens with one attached hydrogen (secondary N) is 1. The number of halogens is 1. The van der Waals surface area contributed by atoms with Crippen molar-refractivity contribution in [2.75, 3.05) is 19.1 Å². The first-order valence-corrected chi connectivity index (χ1v) is 15.4. The van der Waals surface area contributed by atoms with Gasteiger partial charge in [0.05, 0.1) is 19.0 Å². The van der Waals surface area contributed by atoms with Crippen molar-refractivity contribution in [1.29, 1.82) is 0 Å². The zero-order chi connectivity index (χ0) is 32.0. The van der Waals surface area contributed by atoms with Crippen LogP contribution in [0, 0.1) is 3.57 Å². The summed E-state index contributed by atoms with van der Waals surface area (Å²) in [6.07, 6.45) is 1.79. The molecule has 1 aromatic heterocycles. The molecule has 44 heavy (non-hydrogen) atoms. The summed E-state index contributed by atoms with van der Waals surface area (Å²) in [6, 6.07) is 21.6. The fourth-order valence-electron chi connectivity index (χ4n) is 5.10. The second-order valence-corrected chi connectivity index (χ2v) is 12.7. The lowest BCUT2D eigenvalue weighted by atomic mass is 10.0. The summed E-state index contributed by atoms with van der Waals surface area (Å²) in [7, 11) is 3.27. The van der Waals surface area contributed by atoms with Gasteiger partial charge in [-0.15, -0.1) is 6.58 Å². The summed E-state index contributed by atoms with van der Waals surface area (Å²) in [5.41, 5.74) is 2.85. The van der Waals surface area contributed by atoms with Gasteiger partial charge in [-0.25, -0.2) is 9.36 Å². The number of fused-ring (bicyclic) bond motifs is 1. The van der Waals surface area contributed by atoms with Gasteiger partial charge in [-0.3, -0.25) is 9.59 Å². The number of rotatable bonds is 10. The summed E-state index contributed by atoms with van der Waals surface area (Å²) in [5, 5.41) is 3.77. The Kier molecular flexibility index (Phi) is 10.5. The number of likely N-dealkylation sites (N-methyl/N-ethyl adjacent to an activating group) is 1. The quantitative estimate of drug-likeness (QED) is 0.147. The lowest BCUT2D eigenvalue weighted by Gasteiger charge is -2.25. The monoisotopic (exact) mass is 707 g/mol. The van der Waals surface area contributed by atoms with Gasteiger partial charge in [0, 0.05) is 40.2 Å². The van der Waals surface area contributed by atoms with E-state index in [9.17, 15) is 14.4 Å². The normalized spacial score (nSPS) is 12.0. The minimum absolute atomic E-state index is 0.0398. The number of para-hydroxylation sites is 1. The maximum Gasteiger partial charge on any atom is 0.419 e. The molecule has 4 rings (SSSR count). The molecule has 0 bridgehead atoms. The van der Waals surface area contributed by atoms with Gasteiger partial charge in [0.25, 0.3) is 0 Å². The zero-order valence-corrected chi connectivity index (χ0v) is 27.9. The van der Waals surface area contributed by atoms with Gasteiger partial charge < -0.3 is 19.7 Å². The molecule has 0 aliphatic carbocycles. The van der Waals surface area contributed by atoms with Gasteiger partial charge in [0.1, 0.15) is 17.4 Å². The second kappa shape index (κ2) is 14.1. The summed E-state index contributed by atoms with van der Waals surface area (Å²) in [6.45, 7) is 9.32. The van der Waals surface area contributed by atoms with E-state index < -0.39 is 17.7 Å². The number of benzene rings is 3. The average molecular weight is 708 g/mol. The maximum absolute atomic E-state index is 13.9. The first-order valence-electron chi connectivity index (χ1n) is 14.3. The van der Waals surface area contributed by atoms with Crippen LogP contribution in [0.1, 0.15) is 37.6 Å². The molecule has 4 aromatic rings. The van der Waals surface area contributed by atoms with Crippen LogP contribution in [0.25, 0.3) is 10.9 Å². The number of hydrogen-bond acceptors (Lipinski definition) is 5. The van der Waals surface area contributed by atoms with E-state index in [1.54, 1.807) is 44.5 Å². The smallest absolute Gasteiger partial charge is 0.419 e. The molecule has 0 fully saturated rings. The number of hydrogen-bond donors (Lipinski definition) is 1. The van der Waals surface area contributed by atoms with Crippen molar-refractivity contribution in [3.63, 3.8) is 0 Å². The highest BCUT2D eigenvalue weighted by atomic mass is 127. The molecule has 0 saturated heterocycles. The third-order valence-electron chi connectivity index (χ3n) is 7.09. The van der Waals surface area contributed by atoms with Gasteiger partial charge in [-0.1, -0.05) is 36.4 Å². The van der Waals surface area contributed by atoms with Crippen molar-refractivity contribution in [3.8, 4) is 5.75 Å². The number of amides is 2. The number of ether oxygens (including phenoxy) is 2. The van der Waals surface area contributed by atoms with E-state index in [2.05, 4.69) is 34.5 Å². The Balaban J connectivity index is 1.68.